The van der Waals surface area contributed by atoms with Gasteiger partial charge in [0.05, 0.1) is 0 Å². The van der Waals surface area contributed by atoms with Crippen LogP contribution >= 0.6 is 9.24 Å². The second-order valence-corrected chi connectivity index (χ2v) is 6.71. The summed E-state index contributed by atoms with van der Waals surface area (Å²) in [7, 11) is 5.05. The predicted molar refractivity (Wildman–Crippen MR) is 92.6 cm³/mol. The Morgan fingerprint density at radius 2 is 2.20 bits per heavy atom. The van der Waals surface area contributed by atoms with Gasteiger partial charge in [0.25, 0.3) is 0 Å². The molecule has 108 valence electrons. The van der Waals surface area contributed by atoms with Crippen molar-refractivity contribution in [1.29, 1.82) is 0 Å². The lowest BCUT2D eigenvalue weighted by Gasteiger charge is -2.29. The van der Waals surface area contributed by atoms with Crippen LogP contribution in [-0.2, 0) is 0 Å². The van der Waals surface area contributed by atoms with Crippen LogP contribution in [0, 0.1) is 12.8 Å². The molecule has 1 aromatic carbocycles. The Hall–Kier alpha value is -0.910. The fourth-order valence-electron chi connectivity index (χ4n) is 2.60. The Bertz CT molecular complexity index is 502. The van der Waals surface area contributed by atoms with Gasteiger partial charge in [0.15, 0.2) is 0 Å². The van der Waals surface area contributed by atoms with Gasteiger partial charge in [0, 0.05) is 12.6 Å². The average Bonchev–Trinajstić information content (AvgIpc) is 3.23. The van der Waals surface area contributed by atoms with Gasteiger partial charge in [-0.2, -0.15) is 0 Å². The van der Waals surface area contributed by atoms with Crippen molar-refractivity contribution < 1.29 is 0 Å². The molecule has 2 heteroatoms. The lowest BCUT2D eigenvalue weighted by atomic mass is 9.98. The van der Waals surface area contributed by atoms with E-state index in [4.69, 9.17) is 0 Å². The first kappa shape index (κ1) is 15.5. The lowest BCUT2D eigenvalue weighted by molar-refractivity contribution is 0.245. The first-order chi connectivity index (χ1) is 9.51. The number of benzene rings is 1. The van der Waals surface area contributed by atoms with Crippen LogP contribution in [-0.4, -0.2) is 18.5 Å². The molecule has 1 saturated carbocycles. The average molecular weight is 287 g/mol. The molecule has 0 heterocycles. The minimum Gasteiger partial charge on any atom is -0.295 e. The second-order valence-electron chi connectivity index (χ2n) is 6.09. The molecule has 0 aromatic heterocycles. The predicted octanol–water partition coefficient (Wildman–Crippen LogP) is 4.01. The van der Waals surface area contributed by atoms with Gasteiger partial charge >= 0.3 is 0 Å². The molecule has 1 aliphatic rings. The van der Waals surface area contributed by atoms with E-state index < -0.39 is 0 Å². The van der Waals surface area contributed by atoms with E-state index in [1.165, 1.54) is 35.7 Å². The molecule has 20 heavy (non-hydrogen) atoms. The smallest absolute Gasteiger partial charge is 0.0351 e. The fourth-order valence-corrected chi connectivity index (χ4v) is 2.89. The van der Waals surface area contributed by atoms with Gasteiger partial charge < -0.3 is 0 Å². The van der Waals surface area contributed by atoms with Gasteiger partial charge in [0.1, 0.15) is 0 Å². The molecule has 0 saturated heterocycles. The number of hydrogen-bond acceptors (Lipinski definition) is 1. The zero-order valence-corrected chi connectivity index (χ0v) is 13.9. The van der Waals surface area contributed by atoms with Crippen molar-refractivity contribution in [1.82, 2.24) is 4.90 Å². The number of nitrogens with zero attached hydrogens (tertiary/aromatic N) is 1. The number of hydrogen-bond donors (Lipinski definition) is 0. The van der Waals surface area contributed by atoms with Crippen molar-refractivity contribution >= 4 is 14.5 Å². The summed E-state index contributed by atoms with van der Waals surface area (Å²) in [5.41, 5.74) is 3.85. The molecule has 2 atom stereocenters. The molecule has 1 aliphatic carbocycles. The summed E-state index contributed by atoms with van der Waals surface area (Å²) in [4.78, 5) is 2.41. The maximum Gasteiger partial charge on any atom is 0.0351 e. The standard InChI is InChI=1S/C18H26NP/c1-5-13(2)12-19(4)17(10-15-7-8-15)16-9-6-14(3)18(20)11-16/h5-6,9,11,15,17H,1-2,7-8,10,12,20H2,3-4H3/t17-/m0/s1. The van der Waals surface area contributed by atoms with E-state index in [0.29, 0.717) is 6.04 Å². The van der Waals surface area contributed by atoms with Gasteiger partial charge in [-0.1, -0.05) is 44.2 Å². The second kappa shape index (κ2) is 6.70. The quantitative estimate of drug-likeness (QED) is 0.541. The summed E-state index contributed by atoms with van der Waals surface area (Å²) in [6, 6.07) is 7.32. The molecule has 0 N–H and O–H groups in total. The van der Waals surface area contributed by atoms with Crippen molar-refractivity contribution in [3.63, 3.8) is 0 Å². The Balaban J connectivity index is 2.18. The molecular weight excluding hydrogens is 261 g/mol. The zero-order chi connectivity index (χ0) is 14.7. The van der Waals surface area contributed by atoms with Crippen molar-refractivity contribution in [2.24, 2.45) is 5.92 Å². The first-order valence-corrected chi connectivity index (χ1v) is 7.95. The van der Waals surface area contributed by atoms with E-state index in [2.05, 4.69) is 59.5 Å². The van der Waals surface area contributed by atoms with Crippen molar-refractivity contribution in [3.05, 3.63) is 54.1 Å². The fraction of sp³-hybridized carbons (Fsp3) is 0.444. The molecule has 1 aromatic rings. The van der Waals surface area contributed by atoms with Crippen LogP contribution in [0.15, 0.2) is 43.0 Å². The van der Waals surface area contributed by atoms with Crippen LogP contribution in [0.25, 0.3) is 0 Å². The van der Waals surface area contributed by atoms with Crippen LogP contribution in [0.4, 0.5) is 0 Å². The summed E-state index contributed by atoms with van der Waals surface area (Å²) in [5.74, 6) is 0.911. The summed E-state index contributed by atoms with van der Waals surface area (Å²) in [5, 5.41) is 1.30. The molecule has 0 spiro atoms. The van der Waals surface area contributed by atoms with E-state index >= 15 is 0 Å². The van der Waals surface area contributed by atoms with Crippen LogP contribution in [0.3, 0.4) is 0 Å². The molecule has 2 rings (SSSR count). The molecule has 0 bridgehead atoms. The van der Waals surface area contributed by atoms with Crippen molar-refractivity contribution in [3.8, 4) is 0 Å². The molecular formula is C18H26NP. The van der Waals surface area contributed by atoms with Crippen LogP contribution in [0.5, 0.6) is 0 Å². The number of likely N-dealkylation sites (N-methyl/N-ethyl adjacent to an activating group) is 1. The summed E-state index contributed by atoms with van der Waals surface area (Å²) in [6.07, 6.45) is 5.91. The van der Waals surface area contributed by atoms with E-state index in [-0.39, 0.29) is 0 Å². The third-order valence-electron chi connectivity index (χ3n) is 4.21. The maximum absolute atomic E-state index is 4.05. The largest absolute Gasteiger partial charge is 0.295 e. The van der Waals surface area contributed by atoms with Gasteiger partial charge in [-0.15, -0.1) is 9.24 Å². The SMILES string of the molecule is C=CC(=C)CN(C)[C@@H](CC1CC1)c1ccc(C)c(P)c1. The minimum absolute atomic E-state index is 0.485. The number of aryl methyl sites for hydroxylation is 1. The third-order valence-corrected chi connectivity index (χ3v) is 4.84. The Kier molecular flexibility index (Phi) is 5.18. The van der Waals surface area contributed by atoms with E-state index in [9.17, 15) is 0 Å². The monoisotopic (exact) mass is 287 g/mol. The van der Waals surface area contributed by atoms with Crippen LogP contribution in [0.2, 0.25) is 0 Å². The lowest BCUT2D eigenvalue weighted by Crippen LogP contribution is -2.27. The Morgan fingerprint density at radius 1 is 1.50 bits per heavy atom. The Morgan fingerprint density at radius 3 is 2.75 bits per heavy atom. The Labute approximate surface area is 126 Å². The van der Waals surface area contributed by atoms with Gasteiger partial charge in [-0.05, 0) is 54.4 Å². The van der Waals surface area contributed by atoms with Crippen LogP contribution < -0.4 is 5.30 Å². The van der Waals surface area contributed by atoms with E-state index in [1.807, 2.05) is 6.08 Å². The van der Waals surface area contributed by atoms with Gasteiger partial charge in [-0.3, -0.25) is 4.90 Å². The summed E-state index contributed by atoms with van der Waals surface area (Å²) in [6.45, 7) is 10.9. The maximum atomic E-state index is 4.05. The molecule has 0 radical (unpaired) electrons. The zero-order valence-electron chi connectivity index (χ0n) is 12.7. The van der Waals surface area contributed by atoms with Crippen molar-refractivity contribution in [2.75, 3.05) is 13.6 Å². The normalized spacial score (nSPS) is 16.2. The minimum atomic E-state index is 0.485. The highest BCUT2D eigenvalue weighted by Crippen LogP contribution is 2.39. The molecule has 0 amide bonds. The first-order valence-electron chi connectivity index (χ1n) is 7.37. The van der Waals surface area contributed by atoms with E-state index in [1.54, 1.807) is 0 Å². The summed E-state index contributed by atoms with van der Waals surface area (Å²) < 4.78 is 0. The molecule has 0 aliphatic heterocycles. The molecule has 1 nitrogen and oxygen atoms in total. The van der Waals surface area contributed by atoms with E-state index in [0.717, 1.165) is 18.0 Å². The van der Waals surface area contributed by atoms with Crippen molar-refractivity contribution in [2.45, 2.75) is 32.2 Å². The summed E-state index contributed by atoms with van der Waals surface area (Å²) >= 11 is 0. The molecule has 1 unspecified atom stereocenters. The third kappa shape index (κ3) is 4.04. The molecule has 1 fully saturated rings. The topological polar surface area (TPSA) is 3.24 Å². The number of rotatable bonds is 7. The van der Waals surface area contributed by atoms with Gasteiger partial charge in [-0.25, -0.2) is 0 Å². The van der Waals surface area contributed by atoms with Gasteiger partial charge in [0.2, 0.25) is 0 Å². The highest BCUT2D eigenvalue weighted by atomic mass is 31.0. The highest BCUT2D eigenvalue weighted by molar-refractivity contribution is 7.27. The highest BCUT2D eigenvalue weighted by Gasteiger charge is 2.28. The van der Waals surface area contributed by atoms with Crippen LogP contribution in [0.1, 0.15) is 36.4 Å².